The van der Waals surface area contributed by atoms with Gasteiger partial charge in [-0.25, -0.2) is 0 Å². The number of amides is 1. The van der Waals surface area contributed by atoms with Gasteiger partial charge in [0, 0.05) is 25.6 Å². The summed E-state index contributed by atoms with van der Waals surface area (Å²) in [5, 5.41) is 0. The van der Waals surface area contributed by atoms with Crippen LogP contribution in [0.5, 0.6) is 0 Å². The second-order valence-electron chi connectivity index (χ2n) is 5.66. The second kappa shape index (κ2) is 7.93. The highest BCUT2D eigenvalue weighted by atomic mass is 35.5. The normalized spacial score (nSPS) is 22.2. The molecule has 1 aliphatic heterocycles. The van der Waals surface area contributed by atoms with Crippen molar-refractivity contribution in [3.8, 4) is 0 Å². The van der Waals surface area contributed by atoms with Gasteiger partial charge in [-0.2, -0.15) is 0 Å². The predicted molar refractivity (Wildman–Crippen MR) is 74.3 cm³/mol. The highest BCUT2D eigenvalue weighted by molar-refractivity contribution is 5.85. The summed E-state index contributed by atoms with van der Waals surface area (Å²) in [6.45, 7) is 8.28. The van der Waals surface area contributed by atoms with E-state index in [-0.39, 0.29) is 24.4 Å². The van der Waals surface area contributed by atoms with Crippen LogP contribution in [0.4, 0.5) is 0 Å². The molecule has 0 radical (unpaired) electrons. The average molecular weight is 263 g/mol. The minimum Gasteiger partial charge on any atom is -0.342 e. The van der Waals surface area contributed by atoms with Crippen molar-refractivity contribution >= 4 is 18.3 Å². The number of piperidine rings is 1. The quantitative estimate of drug-likeness (QED) is 0.846. The summed E-state index contributed by atoms with van der Waals surface area (Å²) in [4.78, 5) is 13.9. The topological polar surface area (TPSA) is 46.3 Å². The summed E-state index contributed by atoms with van der Waals surface area (Å²) in [6.07, 6.45) is 4.17. The Morgan fingerprint density at radius 3 is 2.59 bits per heavy atom. The van der Waals surface area contributed by atoms with Crippen LogP contribution in [0, 0.1) is 11.8 Å². The summed E-state index contributed by atoms with van der Waals surface area (Å²) >= 11 is 0. The van der Waals surface area contributed by atoms with Crippen LogP contribution in [0.25, 0.3) is 0 Å². The molecular formula is C13H27ClN2O. The highest BCUT2D eigenvalue weighted by Gasteiger charge is 2.24. The van der Waals surface area contributed by atoms with Crippen molar-refractivity contribution in [3.63, 3.8) is 0 Å². The molecule has 0 aromatic heterocycles. The van der Waals surface area contributed by atoms with Crippen molar-refractivity contribution < 1.29 is 4.79 Å². The first-order chi connectivity index (χ1) is 7.49. The van der Waals surface area contributed by atoms with Gasteiger partial charge in [0.15, 0.2) is 0 Å². The molecule has 17 heavy (non-hydrogen) atoms. The molecule has 0 aromatic rings. The molecule has 1 heterocycles. The van der Waals surface area contributed by atoms with Gasteiger partial charge in [-0.05, 0) is 38.0 Å². The number of nitrogens with zero attached hydrogens (tertiary/aromatic N) is 1. The van der Waals surface area contributed by atoms with E-state index in [1.54, 1.807) is 0 Å². The highest BCUT2D eigenvalue weighted by Crippen LogP contribution is 2.23. The van der Waals surface area contributed by atoms with E-state index >= 15 is 0 Å². The number of halogens is 1. The number of hydrogen-bond acceptors (Lipinski definition) is 2. The third kappa shape index (κ3) is 6.27. The molecule has 1 amide bonds. The number of hydrogen-bond donors (Lipinski definition) is 1. The summed E-state index contributed by atoms with van der Waals surface area (Å²) in [7, 11) is 0. The third-order valence-corrected chi connectivity index (χ3v) is 3.17. The molecule has 3 nitrogen and oxygen atoms in total. The zero-order valence-corrected chi connectivity index (χ0v) is 12.1. The lowest BCUT2D eigenvalue weighted by molar-refractivity contribution is -0.133. The van der Waals surface area contributed by atoms with Gasteiger partial charge in [-0.1, -0.05) is 13.8 Å². The molecule has 0 bridgehead atoms. The van der Waals surface area contributed by atoms with Crippen LogP contribution in [0.15, 0.2) is 0 Å². The number of likely N-dealkylation sites (tertiary alicyclic amines) is 1. The molecule has 0 aliphatic carbocycles. The fourth-order valence-electron chi connectivity index (χ4n) is 2.56. The molecule has 0 aromatic carbocycles. The molecule has 2 atom stereocenters. The predicted octanol–water partition coefficient (Wildman–Crippen LogP) is 2.43. The molecule has 102 valence electrons. The second-order valence-corrected chi connectivity index (χ2v) is 5.66. The van der Waals surface area contributed by atoms with Crippen LogP contribution < -0.4 is 5.73 Å². The van der Waals surface area contributed by atoms with Gasteiger partial charge in [-0.3, -0.25) is 4.79 Å². The summed E-state index contributed by atoms with van der Waals surface area (Å²) in [6, 6.07) is -0.0158. The first kappa shape index (κ1) is 16.7. The zero-order valence-electron chi connectivity index (χ0n) is 11.3. The van der Waals surface area contributed by atoms with Crippen molar-refractivity contribution in [2.75, 3.05) is 13.1 Å². The summed E-state index contributed by atoms with van der Waals surface area (Å²) < 4.78 is 0. The number of carbonyl (C=O) groups is 1. The van der Waals surface area contributed by atoms with Gasteiger partial charge in [0.05, 0.1) is 0 Å². The van der Waals surface area contributed by atoms with E-state index in [4.69, 9.17) is 5.73 Å². The van der Waals surface area contributed by atoms with E-state index < -0.39 is 0 Å². The van der Waals surface area contributed by atoms with E-state index in [2.05, 4.69) is 13.8 Å². The van der Waals surface area contributed by atoms with E-state index in [9.17, 15) is 4.79 Å². The molecule has 1 aliphatic rings. The maximum atomic E-state index is 11.9. The molecule has 0 saturated carbocycles. The fraction of sp³-hybridized carbons (Fsp3) is 0.923. The number of nitrogens with two attached hydrogens (primary N) is 1. The zero-order chi connectivity index (χ0) is 12.1. The molecule has 1 fully saturated rings. The Morgan fingerprint density at radius 2 is 2.06 bits per heavy atom. The first-order valence-corrected chi connectivity index (χ1v) is 6.52. The average Bonchev–Trinajstić information content (AvgIpc) is 2.16. The van der Waals surface area contributed by atoms with Crippen LogP contribution in [-0.4, -0.2) is 29.9 Å². The maximum absolute atomic E-state index is 11.9. The van der Waals surface area contributed by atoms with Crippen LogP contribution in [0.2, 0.25) is 0 Å². The lowest BCUT2D eigenvalue weighted by Gasteiger charge is -2.34. The van der Waals surface area contributed by atoms with Gasteiger partial charge in [0.1, 0.15) is 0 Å². The molecule has 2 N–H and O–H groups in total. The smallest absolute Gasteiger partial charge is 0.224 e. The lowest BCUT2D eigenvalue weighted by Crippen LogP contribution is -2.42. The van der Waals surface area contributed by atoms with E-state index in [1.165, 1.54) is 12.8 Å². The minimum absolute atomic E-state index is 0. The van der Waals surface area contributed by atoms with Gasteiger partial charge < -0.3 is 10.6 Å². The lowest BCUT2D eigenvalue weighted by atomic mass is 9.89. The van der Waals surface area contributed by atoms with E-state index in [0.29, 0.717) is 12.3 Å². The maximum Gasteiger partial charge on any atom is 0.224 e. The van der Waals surface area contributed by atoms with Gasteiger partial charge in [0.2, 0.25) is 5.91 Å². The largest absolute Gasteiger partial charge is 0.342 e. The molecular weight excluding hydrogens is 236 g/mol. The van der Waals surface area contributed by atoms with E-state index in [0.717, 1.165) is 25.4 Å². The Bertz CT molecular complexity index is 231. The Hall–Kier alpha value is -0.280. The SMILES string of the molecule is CC(C)CC1CCCN(C(=O)CC(C)N)C1.Cl. The van der Waals surface area contributed by atoms with Crippen molar-refractivity contribution in [1.82, 2.24) is 4.90 Å². The van der Waals surface area contributed by atoms with Crippen molar-refractivity contribution in [2.24, 2.45) is 17.6 Å². The number of rotatable bonds is 4. The van der Waals surface area contributed by atoms with E-state index in [1.807, 2.05) is 11.8 Å². The van der Waals surface area contributed by atoms with Crippen molar-refractivity contribution in [1.29, 1.82) is 0 Å². The summed E-state index contributed by atoms with van der Waals surface area (Å²) in [5.41, 5.74) is 5.67. The monoisotopic (exact) mass is 262 g/mol. The Balaban J connectivity index is 0.00000256. The van der Waals surface area contributed by atoms with Crippen molar-refractivity contribution in [3.05, 3.63) is 0 Å². The first-order valence-electron chi connectivity index (χ1n) is 6.52. The summed E-state index contributed by atoms with van der Waals surface area (Å²) in [5.74, 6) is 1.67. The van der Waals surface area contributed by atoms with Gasteiger partial charge >= 0.3 is 0 Å². The van der Waals surface area contributed by atoms with Crippen LogP contribution in [0.3, 0.4) is 0 Å². The third-order valence-electron chi connectivity index (χ3n) is 3.17. The molecule has 2 unspecified atom stereocenters. The standard InChI is InChI=1S/C13H26N2O.ClH/c1-10(2)7-12-5-4-6-15(9-12)13(16)8-11(3)14;/h10-12H,4-9,14H2,1-3H3;1H. The van der Waals surface area contributed by atoms with Crippen LogP contribution >= 0.6 is 12.4 Å². The van der Waals surface area contributed by atoms with Crippen LogP contribution in [0.1, 0.15) is 46.5 Å². The van der Waals surface area contributed by atoms with Crippen molar-refractivity contribution in [2.45, 2.75) is 52.5 Å². The number of carbonyl (C=O) groups excluding carboxylic acids is 1. The Labute approximate surface area is 112 Å². The van der Waals surface area contributed by atoms with Crippen LogP contribution in [-0.2, 0) is 4.79 Å². The molecule has 0 spiro atoms. The Kier molecular flexibility index (Phi) is 7.80. The molecule has 1 rings (SSSR count). The Morgan fingerprint density at radius 1 is 1.41 bits per heavy atom. The molecule has 1 saturated heterocycles. The fourth-order valence-corrected chi connectivity index (χ4v) is 2.56. The molecule has 4 heteroatoms. The minimum atomic E-state index is -0.0158. The van der Waals surface area contributed by atoms with Gasteiger partial charge in [-0.15, -0.1) is 12.4 Å². The van der Waals surface area contributed by atoms with Gasteiger partial charge in [0.25, 0.3) is 0 Å².